The van der Waals surface area contributed by atoms with Crippen LogP contribution in [-0.2, 0) is 4.79 Å². The fourth-order valence-electron chi connectivity index (χ4n) is 2.80. The maximum absolute atomic E-state index is 12.1. The first kappa shape index (κ1) is 12.0. The van der Waals surface area contributed by atoms with E-state index >= 15 is 0 Å². The van der Waals surface area contributed by atoms with E-state index < -0.39 is 0 Å². The molecular weight excluding hydrogens is 234 g/mol. The molecule has 1 aliphatic rings. The van der Waals surface area contributed by atoms with Crippen LogP contribution in [0.15, 0.2) is 54.6 Å². The Bertz CT molecular complexity index is 591. The molecule has 1 unspecified atom stereocenters. The second-order valence-corrected chi connectivity index (χ2v) is 4.88. The molecule has 3 rings (SSSR count). The lowest BCUT2D eigenvalue weighted by molar-refractivity contribution is -0.118. The molecule has 2 heteroatoms. The standard InChI is InChI=1S/C17H17NO/c1-2-17(19)18-12-15(13-8-4-3-5-9-13)14-10-6-7-11-16(14)18/h3-11,15H,2,12H2,1H3. The Kier molecular flexibility index (Phi) is 3.08. The predicted molar refractivity (Wildman–Crippen MR) is 77.4 cm³/mol. The molecule has 2 nitrogen and oxygen atoms in total. The SMILES string of the molecule is CCC(=O)N1CC(c2ccccc2)c2ccccc21. The summed E-state index contributed by atoms with van der Waals surface area (Å²) in [5, 5.41) is 0. The molecule has 0 N–H and O–H groups in total. The smallest absolute Gasteiger partial charge is 0.226 e. The van der Waals surface area contributed by atoms with Gasteiger partial charge in [-0.1, -0.05) is 55.5 Å². The molecule has 1 atom stereocenters. The fourth-order valence-corrected chi connectivity index (χ4v) is 2.80. The molecule has 0 aliphatic carbocycles. The van der Waals surface area contributed by atoms with Crippen LogP contribution >= 0.6 is 0 Å². The molecule has 19 heavy (non-hydrogen) atoms. The Morgan fingerprint density at radius 1 is 1.11 bits per heavy atom. The number of rotatable bonds is 2. The van der Waals surface area contributed by atoms with E-state index in [4.69, 9.17) is 0 Å². The zero-order valence-electron chi connectivity index (χ0n) is 11.0. The van der Waals surface area contributed by atoms with Crippen LogP contribution in [0.4, 0.5) is 5.69 Å². The Hall–Kier alpha value is -2.09. The van der Waals surface area contributed by atoms with Crippen molar-refractivity contribution >= 4 is 11.6 Å². The average molecular weight is 251 g/mol. The summed E-state index contributed by atoms with van der Waals surface area (Å²) in [4.78, 5) is 14.0. The number of fused-ring (bicyclic) bond motifs is 1. The number of para-hydroxylation sites is 1. The minimum atomic E-state index is 0.200. The zero-order valence-corrected chi connectivity index (χ0v) is 11.0. The Morgan fingerprint density at radius 2 is 1.79 bits per heavy atom. The summed E-state index contributed by atoms with van der Waals surface area (Å²) in [6.45, 7) is 2.68. The lowest BCUT2D eigenvalue weighted by Crippen LogP contribution is -2.29. The van der Waals surface area contributed by atoms with E-state index in [-0.39, 0.29) is 5.91 Å². The first-order chi connectivity index (χ1) is 9.31. The van der Waals surface area contributed by atoms with Crippen LogP contribution in [0.3, 0.4) is 0 Å². The van der Waals surface area contributed by atoms with Crippen molar-refractivity contribution in [1.82, 2.24) is 0 Å². The van der Waals surface area contributed by atoms with Gasteiger partial charge < -0.3 is 4.90 Å². The van der Waals surface area contributed by atoms with Gasteiger partial charge >= 0.3 is 0 Å². The molecule has 0 spiro atoms. The van der Waals surface area contributed by atoms with Gasteiger partial charge in [0.2, 0.25) is 5.91 Å². The lowest BCUT2D eigenvalue weighted by atomic mass is 9.93. The van der Waals surface area contributed by atoms with E-state index in [9.17, 15) is 4.79 Å². The highest BCUT2D eigenvalue weighted by Crippen LogP contribution is 2.40. The van der Waals surface area contributed by atoms with Crippen LogP contribution in [0.2, 0.25) is 0 Å². The van der Waals surface area contributed by atoms with Gasteiger partial charge in [-0.15, -0.1) is 0 Å². The quantitative estimate of drug-likeness (QED) is 0.799. The summed E-state index contributed by atoms with van der Waals surface area (Å²) in [5.74, 6) is 0.499. The van der Waals surface area contributed by atoms with E-state index in [1.807, 2.05) is 30.0 Å². The van der Waals surface area contributed by atoms with Crippen LogP contribution in [0.25, 0.3) is 0 Å². The highest BCUT2D eigenvalue weighted by Gasteiger charge is 2.31. The molecule has 2 aromatic rings. The van der Waals surface area contributed by atoms with E-state index in [0.29, 0.717) is 12.3 Å². The maximum atomic E-state index is 12.1. The zero-order chi connectivity index (χ0) is 13.2. The summed E-state index contributed by atoms with van der Waals surface area (Å²) in [5.41, 5.74) is 3.61. The van der Waals surface area contributed by atoms with E-state index in [1.54, 1.807) is 0 Å². The third-order valence-corrected chi connectivity index (χ3v) is 3.77. The van der Waals surface area contributed by atoms with Gasteiger partial charge in [0, 0.05) is 24.6 Å². The van der Waals surface area contributed by atoms with Gasteiger partial charge in [-0.2, -0.15) is 0 Å². The molecule has 0 saturated heterocycles. The molecule has 0 saturated carbocycles. The first-order valence-corrected chi connectivity index (χ1v) is 6.75. The largest absolute Gasteiger partial charge is 0.311 e. The highest BCUT2D eigenvalue weighted by atomic mass is 16.2. The van der Waals surface area contributed by atoms with E-state index in [0.717, 1.165) is 12.2 Å². The van der Waals surface area contributed by atoms with Gasteiger partial charge in [-0.25, -0.2) is 0 Å². The molecule has 1 aliphatic heterocycles. The van der Waals surface area contributed by atoms with Gasteiger partial charge in [-0.3, -0.25) is 4.79 Å². The van der Waals surface area contributed by atoms with E-state index in [1.165, 1.54) is 11.1 Å². The van der Waals surface area contributed by atoms with E-state index in [2.05, 4.69) is 36.4 Å². The predicted octanol–water partition coefficient (Wildman–Crippen LogP) is 3.58. The van der Waals surface area contributed by atoms with Crippen molar-refractivity contribution in [2.75, 3.05) is 11.4 Å². The topological polar surface area (TPSA) is 20.3 Å². The van der Waals surface area contributed by atoms with Gasteiger partial charge in [0.15, 0.2) is 0 Å². The highest BCUT2D eigenvalue weighted by molar-refractivity contribution is 5.96. The van der Waals surface area contributed by atoms with Crippen molar-refractivity contribution in [1.29, 1.82) is 0 Å². The summed E-state index contributed by atoms with van der Waals surface area (Å²) in [7, 11) is 0. The van der Waals surface area contributed by atoms with Crippen LogP contribution in [0.5, 0.6) is 0 Å². The van der Waals surface area contributed by atoms with Crippen molar-refractivity contribution in [3.8, 4) is 0 Å². The van der Waals surface area contributed by atoms with Crippen LogP contribution in [-0.4, -0.2) is 12.5 Å². The van der Waals surface area contributed by atoms with Crippen molar-refractivity contribution in [3.63, 3.8) is 0 Å². The fraction of sp³-hybridized carbons (Fsp3) is 0.235. The summed E-state index contributed by atoms with van der Waals surface area (Å²) in [6.07, 6.45) is 0.551. The Labute approximate surface area is 113 Å². The number of nitrogens with zero attached hydrogens (tertiary/aromatic N) is 1. The molecule has 2 aromatic carbocycles. The number of hydrogen-bond donors (Lipinski definition) is 0. The van der Waals surface area contributed by atoms with Gasteiger partial charge in [0.25, 0.3) is 0 Å². The van der Waals surface area contributed by atoms with Crippen LogP contribution < -0.4 is 4.90 Å². The second kappa shape index (κ2) is 4.88. The molecule has 0 aromatic heterocycles. The minimum absolute atomic E-state index is 0.200. The number of hydrogen-bond acceptors (Lipinski definition) is 1. The van der Waals surface area contributed by atoms with Crippen molar-refractivity contribution in [2.24, 2.45) is 0 Å². The molecule has 96 valence electrons. The molecular formula is C17H17NO. The summed E-state index contributed by atoms with van der Waals surface area (Å²) < 4.78 is 0. The maximum Gasteiger partial charge on any atom is 0.226 e. The van der Waals surface area contributed by atoms with Gasteiger partial charge in [0.1, 0.15) is 0 Å². The Morgan fingerprint density at radius 3 is 2.53 bits per heavy atom. The van der Waals surface area contributed by atoms with Crippen molar-refractivity contribution in [3.05, 3.63) is 65.7 Å². The van der Waals surface area contributed by atoms with Gasteiger partial charge in [0.05, 0.1) is 0 Å². The third-order valence-electron chi connectivity index (χ3n) is 3.77. The minimum Gasteiger partial charge on any atom is -0.311 e. The molecule has 0 bridgehead atoms. The number of carbonyl (C=O) groups is 1. The van der Waals surface area contributed by atoms with Crippen LogP contribution in [0, 0.1) is 0 Å². The molecule has 0 fully saturated rings. The van der Waals surface area contributed by atoms with Crippen molar-refractivity contribution < 1.29 is 4.79 Å². The molecule has 1 amide bonds. The first-order valence-electron chi connectivity index (χ1n) is 6.75. The third kappa shape index (κ3) is 2.03. The molecule has 0 radical (unpaired) electrons. The number of amides is 1. The number of benzene rings is 2. The Balaban J connectivity index is 2.04. The normalized spacial score (nSPS) is 17.3. The summed E-state index contributed by atoms with van der Waals surface area (Å²) >= 11 is 0. The summed E-state index contributed by atoms with van der Waals surface area (Å²) in [6, 6.07) is 18.7. The molecule has 1 heterocycles. The average Bonchev–Trinajstić information content (AvgIpc) is 2.87. The van der Waals surface area contributed by atoms with Gasteiger partial charge in [-0.05, 0) is 17.2 Å². The van der Waals surface area contributed by atoms with Crippen molar-refractivity contribution in [2.45, 2.75) is 19.3 Å². The second-order valence-electron chi connectivity index (χ2n) is 4.88. The monoisotopic (exact) mass is 251 g/mol. The van der Waals surface area contributed by atoms with Crippen LogP contribution in [0.1, 0.15) is 30.4 Å². The number of carbonyl (C=O) groups excluding carboxylic acids is 1. The lowest BCUT2D eigenvalue weighted by Gasteiger charge is -2.17. The number of anilines is 1.